The molecule has 0 radical (unpaired) electrons. The monoisotopic (exact) mass is 327 g/mol. The van der Waals surface area contributed by atoms with E-state index >= 15 is 0 Å². The minimum atomic E-state index is -0.411. The second kappa shape index (κ2) is 5.24. The lowest BCUT2D eigenvalue weighted by atomic mass is 10.1. The Morgan fingerprint density at radius 3 is 2.54 bits per heavy atom. The fraction of sp³-hybridized carbons (Fsp3) is 0.412. The molecule has 24 heavy (non-hydrogen) atoms. The van der Waals surface area contributed by atoms with E-state index in [0.29, 0.717) is 6.54 Å². The van der Waals surface area contributed by atoms with E-state index in [1.165, 1.54) is 4.90 Å². The molecule has 3 atom stereocenters. The number of urea groups is 1. The molecule has 0 aromatic heterocycles. The summed E-state index contributed by atoms with van der Waals surface area (Å²) in [7, 11) is 1.74. The topological polar surface area (TPSA) is 67.9 Å². The van der Waals surface area contributed by atoms with E-state index in [1.54, 1.807) is 11.9 Å². The van der Waals surface area contributed by atoms with Gasteiger partial charge in [-0.25, -0.2) is 4.79 Å². The molecule has 7 heteroatoms. The first-order chi connectivity index (χ1) is 11.5. The van der Waals surface area contributed by atoms with Gasteiger partial charge in [0.15, 0.2) is 6.29 Å². The number of benzene rings is 1. The third kappa shape index (κ3) is 2.01. The first-order valence-electron chi connectivity index (χ1n) is 8.09. The van der Waals surface area contributed by atoms with E-state index in [-0.39, 0.29) is 24.4 Å². The summed E-state index contributed by atoms with van der Waals surface area (Å²) in [5.41, 5.74) is 3.03. The zero-order valence-corrected chi connectivity index (χ0v) is 14.0. The lowest BCUT2D eigenvalue weighted by molar-refractivity contribution is -0.138. The van der Waals surface area contributed by atoms with E-state index in [0.717, 1.165) is 17.0 Å². The zero-order chi connectivity index (χ0) is 17.0. The Labute approximate surface area is 140 Å². The Kier molecular flexibility index (Phi) is 3.28. The van der Waals surface area contributed by atoms with Crippen LogP contribution in [-0.4, -0.2) is 52.2 Å². The molecule has 1 aromatic carbocycles. The standard InChI is InChI=1S/C17H21N5O2/c1-10-11(2)22-13-14(19-16(22)18-10)20(3)17(24)21(15(13)23)9-12-7-5-4-6-8-12/h4-8,13-14,16,18-19H,9H2,1-3H3. The Hall–Kier alpha value is -2.54. The van der Waals surface area contributed by atoms with Gasteiger partial charge in [0.1, 0.15) is 12.2 Å². The number of allylic oxidation sites excluding steroid dienone is 2. The van der Waals surface area contributed by atoms with Crippen molar-refractivity contribution in [1.82, 2.24) is 25.3 Å². The second-order valence-electron chi connectivity index (χ2n) is 6.52. The molecule has 1 aromatic rings. The first kappa shape index (κ1) is 15.0. The van der Waals surface area contributed by atoms with Crippen molar-refractivity contribution in [3.05, 3.63) is 47.3 Å². The second-order valence-corrected chi connectivity index (χ2v) is 6.52. The van der Waals surface area contributed by atoms with Crippen molar-refractivity contribution < 1.29 is 9.59 Å². The van der Waals surface area contributed by atoms with Gasteiger partial charge in [-0.15, -0.1) is 0 Å². The van der Waals surface area contributed by atoms with Gasteiger partial charge in [-0.2, -0.15) is 0 Å². The number of rotatable bonds is 2. The quantitative estimate of drug-likeness (QED) is 0.842. The molecule has 2 N–H and O–H groups in total. The normalized spacial score (nSPS) is 29.1. The molecule has 0 bridgehead atoms. The van der Waals surface area contributed by atoms with Gasteiger partial charge >= 0.3 is 6.03 Å². The van der Waals surface area contributed by atoms with Crippen LogP contribution in [0.5, 0.6) is 0 Å². The van der Waals surface area contributed by atoms with Crippen LogP contribution in [0.4, 0.5) is 4.79 Å². The molecular formula is C17H21N5O2. The number of amides is 3. The Morgan fingerprint density at radius 2 is 1.83 bits per heavy atom. The fourth-order valence-electron chi connectivity index (χ4n) is 3.72. The summed E-state index contributed by atoms with van der Waals surface area (Å²) in [6.45, 7) is 4.28. The summed E-state index contributed by atoms with van der Waals surface area (Å²) in [5, 5.41) is 6.67. The maximum atomic E-state index is 13.1. The molecule has 126 valence electrons. The predicted octanol–water partition coefficient (Wildman–Crippen LogP) is 0.819. The zero-order valence-electron chi connectivity index (χ0n) is 14.0. The summed E-state index contributed by atoms with van der Waals surface area (Å²) in [6.07, 6.45) is -0.464. The maximum absolute atomic E-state index is 13.1. The number of carbonyl (C=O) groups is 2. The number of nitrogens with one attached hydrogen (secondary N) is 2. The molecule has 7 nitrogen and oxygen atoms in total. The molecule has 3 unspecified atom stereocenters. The molecule has 2 fully saturated rings. The average Bonchev–Trinajstić information content (AvgIpc) is 3.08. The largest absolute Gasteiger partial charge is 0.355 e. The summed E-state index contributed by atoms with van der Waals surface area (Å²) >= 11 is 0. The number of likely N-dealkylation sites (N-methyl/N-ethyl adjacent to an activating group) is 1. The molecule has 3 aliphatic rings. The molecule has 0 saturated carbocycles. The highest BCUT2D eigenvalue weighted by Crippen LogP contribution is 2.33. The number of carbonyl (C=O) groups excluding carboxylic acids is 2. The minimum Gasteiger partial charge on any atom is -0.355 e. The summed E-state index contributed by atoms with van der Waals surface area (Å²) < 4.78 is 0. The fourth-order valence-corrected chi connectivity index (χ4v) is 3.72. The first-order valence-corrected chi connectivity index (χ1v) is 8.09. The van der Waals surface area contributed by atoms with E-state index in [1.807, 2.05) is 49.1 Å². The molecule has 3 heterocycles. The van der Waals surface area contributed by atoms with Gasteiger partial charge < -0.3 is 15.1 Å². The van der Waals surface area contributed by atoms with Gasteiger partial charge in [0, 0.05) is 18.4 Å². The molecule has 4 rings (SSSR count). The summed E-state index contributed by atoms with van der Waals surface area (Å²) in [5.74, 6) is -0.155. The Morgan fingerprint density at radius 1 is 1.12 bits per heavy atom. The molecule has 3 aliphatic heterocycles. The van der Waals surface area contributed by atoms with Crippen molar-refractivity contribution in [2.75, 3.05) is 7.05 Å². The lowest BCUT2D eigenvalue weighted by Gasteiger charge is -2.41. The smallest absolute Gasteiger partial charge is 0.328 e. The highest BCUT2D eigenvalue weighted by molar-refractivity contribution is 6.00. The van der Waals surface area contributed by atoms with Gasteiger partial charge in [0.2, 0.25) is 0 Å². The van der Waals surface area contributed by atoms with Crippen LogP contribution < -0.4 is 10.6 Å². The van der Waals surface area contributed by atoms with Crippen molar-refractivity contribution >= 4 is 11.9 Å². The minimum absolute atomic E-state index is 0.143. The van der Waals surface area contributed by atoms with Gasteiger partial charge in [-0.05, 0) is 19.4 Å². The average molecular weight is 327 g/mol. The Bertz CT molecular complexity index is 732. The summed E-state index contributed by atoms with van der Waals surface area (Å²) in [6, 6.07) is 8.92. The van der Waals surface area contributed by atoms with Gasteiger partial charge in [0.05, 0.1) is 6.54 Å². The Balaban J connectivity index is 1.66. The third-order valence-electron chi connectivity index (χ3n) is 5.14. The van der Waals surface area contributed by atoms with Crippen molar-refractivity contribution in [2.45, 2.75) is 38.9 Å². The van der Waals surface area contributed by atoms with Crippen LogP contribution in [0.25, 0.3) is 0 Å². The highest BCUT2D eigenvalue weighted by Gasteiger charge is 2.55. The molecule has 0 spiro atoms. The van der Waals surface area contributed by atoms with Crippen LogP contribution in [0.1, 0.15) is 19.4 Å². The van der Waals surface area contributed by atoms with Gasteiger partial charge in [-0.3, -0.25) is 15.0 Å². The van der Waals surface area contributed by atoms with E-state index < -0.39 is 6.04 Å². The molecular weight excluding hydrogens is 306 g/mol. The van der Waals surface area contributed by atoms with Crippen molar-refractivity contribution in [3.63, 3.8) is 0 Å². The van der Waals surface area contributed by atoms with Crippen LogP contribution in [0.15, 0.2) is 41.7 Å². The number of hydrogen-bond donors (Lipinski definition) is 2. The van der Waals surface area contributed by atoms with Gasteiger partial charge in [-0.1, -0.05) is 30.3 Å². The molecule has 3 amide bonds. The van der Waals surface area contributed by atoms with Gasteiger partial charge in [0.25, 0.3) is 5.91 Å². The van der Waals surface area contributed by atoms with Crippen molar-refractivity contribution in [3.8, 4) is 0 Å². The SMILES string of the molecule is CC1=C(C)N2C(N1)NC1C2C(=O)N(Cc2ccccc2)C(=O)N1C. The van der Waals surface area contributed by atoms with Crippen LogP contribution >= 0.6 is 0 Å². The maximum Gasteiger partial charge on any atom is 0.328 e. The van der Waals surface area contributed by atoms with Crippen LogP contribution in [-0.2, 0) is 11.3 Å². The van der Waals surface area contributed by atoms with E-state index in [4.69, 9.17) is 0 Å². The number of fused-ring (bicyclic) bond motifs is 3. The van der Waals surface area contributed by atoms with Crippen LogP contribution in [0, 0.1) is 0 Å². The van der Waals surface area contributed by atoms with E-state index in [2.05, 4.69) is 10.6 Å². The summed E-state index contributed by atoms with van der Waals surface area (Å²) in [4.78, 5) is 30.8. The van der Waals surface area contributed by atoms with Crippen LogP contribution in [0.3, 0.4) is 0 Å². The number of nitrogens with zero attached hydrogens (tertiary/aromatic N) is 3. The van der Waals surface area contributed by atoms with Crippen molar-refractivity contribution in [2.24, 2.45) is 0 Å². The third-order valence-corrected chi connectivity index (χ3v) is 5.14. The number of imide groups is 1. The number of hydrogen-bond acceptors (Lipinski definition) is 5. The molecule has 2 saturated heterocycles. The predicted molar refractivity (Wildman–Crippen MR) is 88.0 cm³/mol. The van der Waals surface area contributed by atoms with E-state index in [9.17, 15) is 9.59 Å². The van der Waals surface area contributed by atoms with Crippen molar-refractivity contribution in [1.29, 1.82) is 0 Å². The highest BCUT2D eigenvalue weighted by atomic mass is 16.2. The molecule has 0 aliphatic carbocycles. The van der Waals surface area contributed by atoms with Crippen LogP contribution in [0.2, 0.25) is 0 Å². The lowest BCUT2D eigenvalue weighted by Crippen LogP contribution is -2.65.